The molecule has 0 spiro atoms. The number of rotatable bonds is 5. The Hall–Kier alpha value is -3.77. The summed E-state index contributed by atoms with van der Waals surface area (Å²) in [4.78, 5) is 15.6. The summed E-state index contributed by atoms with van der Waals surface area (Å²) in [5, 5.41) is 0. The maximum atomic E-state index is 13.4. The van der Waals surface area contributed by atoms with E-state index in [0.29, 0.717) is 41.7 Å². The van der Waals surface area contributed by atoms with Gasteiger partial charge in [0.2, 0.25) is 5.78 Å². The summed E-state index contributed by atoms with van der Waals surface area (Å²) >= 11 is 0. The van der Waals surface area contributed by atoms with E-state index >= 15 is 0 Å². The van der Waals surface area contributed by atoms with Crippen LogP contribution in [0.5, 0.6) is 23.0 Å². The molecule has 3 aromatic carbocycles. The maximum Gasteiger partial charge on any atom is 0.232 e. The molecular formula is C28H27NO5. The topological polar surface area (TPSA) is 57.2 Å². The summed E-state index contributed by atoms with van der Waals surface area (Å²) < 4.78 is 23.1. The van der Waals surface area contributed by atoms with Crippen LogP contribution in [0, 0.1) is 6.92 Å². The quantitative estimate of drug-likeness (QED) is 0.469. The lowest BCUT2D eigenvalue weighted by Gasteiger charge is -2.34. The van der Waals surface area contributed by atoms with E-state index in [0.717, 1.165) is 16.9 Å². The number of allylic oxidation sites excluding steroid dienone is 1. The Morgan fingerprint density at radius 1 is 1.06 bits per heavy atom. The maximum absolute atomic E-state index is 13.4. The highest BCUT2D eigenvalue weighted by atomic mass is 16.5. The first-order valence-corrected chi connectivity index (χ1v) is 11.2. The summed E-state index contributed by atoms with van der Waals surface area (Å²) in [6, 6.07) is 17.8. The van der Waals surface area contributed by atoms with Crippen LogP contribution in [0.3, 0.4) is 0 Å². The number of hydrogen-bond donors (Lipinski definition) is 0. The molecule has 0 aromatic heterocycles. The summed E-state index contributed by atoms with van der Waals surface area (Å²) in [5.41, 5.74) is 4.24. The molecule has 3 aromatic rings. The first kappa shape index (κ1) is 22.0. The highest BCUT2D eigenvalue weighted by molar-refractivity contribution is 6.16. The third-order valence-electron chi connectivity index (χ3n) is 6.50. The van der Waals surface area contributed by atoms with Crippen molar-refractivity contribution in [2.24, 2.45) is 0 Å². The first-order chi connectivity index (χ1) is 16.5. The molecule has 0 radical (unpaired) electrons. The number of fused-ring (bicyclic) bond motifs is 3. The molecule has 1 unspecified atom stereocenters. The van der Waals surface area contributed by atoms with Gasteiger partial charge in [-0.25, -0.2) is 0 Å². The van der Waals surface area contributed by atoms with Gasteiger partial charge in [0, 0.05) is 18.2 Å². The fourth-order valence-corrected chi connectivity index (χ4v) is 4.53. The average molecular weight is 458 g/mol. The fourth-order valence-electron chi connectivity index (χ4n) is 4.53. The lowest BCUT2D eigenvalue weighted by atomic mass is 9.97. The zero-order valence-electron chi connectivity index (χ0n) is 19.8. The predicted molar refractivity (Wildman–Crippen MR) is 130 cm³/mol. The monoisotopic (exact) mass is 457 g/mol. The van der Waals surface area contributed by atoms with Crippen molar-refractivity contribution in [1.29, 1.82) is 0 Å². The number of benzene rings is 3. The molecule has 2 heterocycles. The molecule has 1 atom stereocenters. The van der Waals surface area contributed by atoms with Crippen LogP contribution in [0.4, 0.5) is 0 Å². The summed E-state index contributed by atoms with van der Waals surface area (Å²) in [5.74, 6) is 2.76. The molecule has 2 aliphatic heterocycles. The van der Waals surface area contributed by atoms with E-state index in [1.54, 1.807) is 20.3 Å². The first-order valence-electron chi connectivity index (χ1n) is 11.2. The SMILES string of the molecule is COc1ccc(OC)c(/C=C2\Oc3c4c(cc(C)c3C2=O)OCN(C(C)c2ccccc2)C4)c1. The number of ketones is 1. The van der Waals surface area contributed by atoms with Gasteiger partial charge in [0.15, 0.2) is 5.76 Å². The number of ether oxygens (including phenoxy) is 4. The van der Waals surface area contributed by atoms with Crippen molar-refractivity contribution in [2.45, 2.75) is 26.4 Å². The van der Waals surface area contributed by atoms with Crippen LogP contribution in [0.1, 0.15) is 45.6 Å². The number of hydrogen-bond acceptors (Lipinski definition) is 6. The molecule has 0 N–H and O–H groups in total. The molecule has 0 fully saturated rings. The Bertz CT molecular complexity index is 1280. The number of methoxy groups -OCH3 is 2. The van der Waals surface area contributed by atoms with Crippen LogP contribution in [0.15, 0.2) is 60.4 Å². The minimum atomic E-state index is -0.145. The van der Waals surface area contributed by atoms with Crippen molar-refractivity contribution < 1.29 is 23.7 Å². The lowest BCUT2D eigenvalue weighted by molar-refractivity contribution is 0.0605. The van der Waals surface area contributed by atoms with E-state index in [4.69, 9.17) is 18.9 Å². The van der Waals surface area contributed by atoms with Crippen molar-refractivity contribution >= 4 is 11.9 Å². The van der Waals surface area contributed by atoms with Gasteiger partial charge in [0.1, 0.15) is 29.7 Å². The van der Waals surface area contributed by atoms with Gasteiger partial charge in [-0.3, -0.25) is 9.69 Å². The van der Waals surface area contributed by atoms with Gasteiger partial charge >= 0.3 is 0 Å². The Morgan fingerprint density at radius 3 is 2.59 bits per heavy atom. The summed E-state index contributed by atoms with van der Waals surface area (Å²) in [6.07, 6.45) is 1.71. The lowest BCUT2D eigenvalue weighted by Crippen LogP contribution is -2.34. The molecular weight excluding hydrogens is 430 g/mol. The molecule has 6 heteroatoms. The van der Waals surface area contributed by atoms with Crippen molar-refractivity contribution in [1.82, 2.24) is 4.90 Å². The number of Topliss-reactive ketones (excluding diaryl/α,β-unsaturated/α-hetero) is 1. The molecule has 2 aliphatic rings. The summed E-state index contributed by atoms with van der Waals surface area (Å²) in [7, 11) is 3.19. The Morgan fingerprint density at radius 2 is 1.85 bits per heavy atom. The van der Waals surface area contributed by atoms with Gasteiger partial charge in [-0.05, 0) is 55.3 Å². The minimum absolute atomic E-state index is 0.145. The van der Waals surface area contributed by atoms with Crippen LogP contribution in [-0.4, -0.2) is 31.6 Å². The van der Waals surface area contributed by atoms with Crippen molar-refractivity contribution in [3.05, 3.63) is 88.2 Å². The van der Waals surface area contributed by atoms with Gasteiger partial charge in [-0.1, -0.05) is 30.3 Å². The van der Waals surface area contributed by atoms with Crippen molar-refractivity contribution in [3.8, 4) is 23.0 Å². The largest absolute Gasteiger partial charge is 0.497 e. The summed E-state index contributed by atoms with van der Waals surface area (Å²) in [6.45, 7) is 5.16. The van der Waals surface area contributed by atoms with Crippen molar-refractivity contribution in [2.75, 3.05) is 21.0 Å². The Labute approximate surface area is 199 Å². The van der Waals surface area contributed by atoms with Gasteiger partial charge in [-0.15, -0.1) is 0 Å². The van der Waals surface area contributed by atoms with Crippen LogP contribution in [0.25, 0.3) is 6.08 Å². The van der Waals surface area contributed by atoms with Crippen LogP contribution < -0.4 is 18.9 Å². The second-order valence-corrected chi connectivity index (χ2v) is 8.53. The number of carbonyl (C=O) groups is 1. The average Bonchev–Trinajstić information content (AvgIpc) is 3.20. The third-order valence-corrected chi connectivity index (χ3v) is 6.50. The standard InChI is InChI=1S/C28H27NO5/c1-17-12-24-22(15-29(16-33-24)18(2)19-8-6-5-7-9-19)28-26(17)27(30)25(34-28)14-20-13-21(31-3)10-11-23(20)32-4/h5-14,18H,15-16H2,1-4H3/b25-14-. The molecule has 0 amide bonds. The molecule has 0 bridgehead atoms. The second-order valence-electron chi connectivity index (χ2n) is 8.53. The molecule has 0 saturated heterocycles. The smallest absolute Gasteiger partial charge is 0.232 e. The molecule has 0 aliphatic carbocycles. The number of aryl methyl sites for hydroxylation is 1. The molecule has 0 saturated carbocycles. The van der Waals surface area contributed by atoms with E-state index in [1.807, 2.05) is 49.4 Å². The normalized spacial score (nSPS) is 16.9. The number of carbonyl (C=O) groups excluding carboxylic acids is 1. The molecule has 6 nitrogen and oxygen atoms in total. The molecule has 5 rings (SSSR count). The van der Waals surface area contributed by atoms with E-state index in [-0.39, 0.29) is 17.6 Å². The molecule has 34 heavy (non-hydrogen) atoms. The van der Waals surface area contributed by atoms with E-state index in [1.165, 1.54) is 5.56 Å². The van der Waals surface area contributed by atoms with E-state index in [9.17, 15) is 4.79 Å². The van der Waals surface area contributed by atoms with E-state index < -0.39 is 0 Å². The Kier molecular flexibility index (Phi) is 5.75. The van der Waals surface area contributed by atoms with Gasteiger partial charge in [0.05, 0.1) is 25.3 Å². The van der Waals surface area contributed by atoms with Gasteiger partial charge in [0.25, 0.3) is 0 Å². The Balaban J connectivity index is 1.51. The van der Waals surface area contributed by atoms with Crippen LogP contribution in [0.2, 0.25) is 0 Å². The van der Waals surface area contributed by atoms with E-state index in [2.05, 4.69) is 24.0 Å². The highest BCUT2D eigenvalue weighted by Gasteiger charge is 2.36. The predicted octanol–water partition coefficient (Wildman–Crippen LogP) is 5.54. The van der Waals surface area contributed by atoms with Gasteiger partial charge < -0.3 is 18.9 Å². The van der Waals surface area contributed by atoms with Crippen LogP contribution >= 0.6 is 0 Å². The zero-order valence-corrected chi connectivity index (χ0v) is 19.8. The van der Waals surface area contributed by atoms with Gasteiger partial charge in [-0.2, -0.15) is 0 Å². The zero-order chi connectivity index (χ0) is 23.8. The van der Waals surface area contributed by atoms with Crippen LogP contribution in [-0.2, 0) is 6.54 Å². The van der Waals surface area contributed by atoms with Crippen molar-refractivity contribution in [3.63, 3.8) is 0 Å². The highest BCUT2D eigenvalue weighted by Crippen LogP contribution is 2.45. The second kappa shape index (κ2) is 8.88. The minimum Gasteiger partial charge on any atom is -0.497 e. The fraction of sp³-hybridized carbons (Fsp3) is 0.250. The third kappa shape index (κ3) is 3.80. The molecule has 174 valence electrons. The number of nitrogens with zero attached hydrogens (tertiary/aromatic N) is 1.